The first kappa shape index (κ1) is 23.6. The van der Waals surface area contributed by atoms with Crippen molar-refractivity contribution in [2.24, 2.45) is 23.7 Å². The number of carbonyl (C=O) groups is 2. The van der Waals surface area contributed by atoms with Gasteiger partial charge in [0, 0.05) is 38.3 Å². The van der Waals surface area contributed by atoms with Crippen LogP contribution in [-0.2, 0) is 14.3 Å². The zero-order valence-corrected chi connectivity index (χ0v) is 19.8. The quantitative estimate of drug-likeness (QED) is 0.528. The van der Waals surface area contributed by atoms with Gasteiger partial charge in [-0.05, 0) is 55.6 Å². The maximum absolute atomic E-state index is 12.9. The Morgan fingerprint density at radius 1 is 1.03 bits per heavy atom. The standard InChI is InChI=1S/C23H31Cl2N3O4/c1-31-11-13-4-16(10-26-9-13)23(30)28-21-8-20(14-5-15(21)6-14)27-22(29)12-32-17-2-3-18(24)19(25)7-17/h2-3,7,13-16,20-21,26H,4-6,8-12H2,1H3,(H,27,29)(H,28,30). The van der Waals surface area contributed by atoms with Crippen LogP contribution in [0.5, 0.6) is 5.75 Å². The Morgan fingerprint density at radius 2 is 1.78 bits per heavy atom. The molecule has 4 aliphatic rings. The van der Waals surface area contributed by atoms with Gasteiger partial charge in [0.15, 0.2) is 6.61 Å². The summed E-state index contributed by atoms with van der Waals surface area (Å²) in [4.78, 5) is 25.4. The van der Waals surface area contributed by atoms with Crippen molar-refractivity contribution in [3.63, 3.8) is 0 Å². The van der Waals surface area contributed by atoms with Crippen molar-refractivity contribution in [2.75, 3.05) is 33.4 Å². The number of piperidine rings is 1. The summed E-state index contributed by atoms with van der Waals surface area (Å²) in [5.41, 5.74) is 0. The van der Waals surface area contributed by atoms with Crippen LogP contribution in [0.4, 0.5) is 0 Å². The second-order valence-corrected chi connectivity index (χ2v) is 10.1. The van der Waals surface area contributed by atoms with E-state index < -0.39 is 0 Å². The Labute approximate surface area is 198 Å². The van der Waals surface area contributed by atoms with Crippen LogP contribution in [0.2, 0.25) is 10.0 Å². The number of rotatable bonds is 8. The number of methoxy groups -OCH3 is 1. The highest BCUT2D eigenvalue weighted by Gasteiger charge is 2.47. The average Bonchev–Trinajstić information content (AvgIpc) is 2.74. The van der Waals surface area contributed by atoms with E-state index in [1.165, 1.54) is 0 Å². The number of benzene rings is 1. The van der Waals surface area contributed by atoms with Crippen molar-refractivity contribution in [3.8, 4) is 5.75 Å². The monoisotopic (exact) mass is 483 g/mol. The maximum Gasteiger partial charge on any atom is 0.258 e. The summed E-state index contributed by atoms with van der Waals surface area (Å²) in [5, 5.41) is 10.6. The molecule has 2 amide bonds. The topological polar surface area (TPSA) is 88.7 Å². The van der Waals surface area contributed by atoms with Gasteiger partial charge in [0.25, 0.3) is 5.91 Å². The molecular formula is C23H31Cl2N3O4. The van der Waals surface area contributed by atoms with Crippen molar-refractivity contribution >= 4 is 35.0 Å². The molecule has 0 spiro atoms. The number of hydrogen-bond acceptors (Lipinski definition) is 5. The van der Waals surface area contributed by atoms with Gasteiger partial charge >= 0.3 is 0 Å². The minimum atomic E-state index is -0.171. The van der Waals surface area contributed by atoms with Crippen molar-refractivity contribution in [1.29, 1.82) is 0 Å². The van der Waals surface area contributed by atoms with Crippen molar-refractivity contribution in [1.82, 2.24) is 16.0 Å². The Bertz CT molecular complexity index is 831. The molecule has 0 radical (unpaired) electrons. The summed E-state index contributed by atoms with van der Waals surface area (Å²) in [6.07, 6.45) is 3.69. The number of halogens is 2. The second kappa shape index (κ2) is 10.6. The van der Waals surface area contributed by atoms with Crippen LogP contribution in [0, 0.1) is 23.7 Å². The summed E-state index contributed by atoms with van der Waals surface area (Å²) in [6.45, 7) is 2.18. The molecule has 1 aliphatic heterocycles. The molecule has 4 fully saturated rings. The third-order valence-electron chi connectivity index (χ3n) is 7.01. The Morgan fingerprint density at radius 3 is 2.50 bits per heavy atom. The zero-order chi connectivity index (χ0) is 22.7. The summed E-state index contributed by atoms with van der Waals surface area (Å²) in [5.74, 6) is 1.76. The molecule has 1 saturated heterocycles. The fourth-order valence-electron chi connectivity index (χ4n) is 5.24. The lowest BCUT2D eigenvalue weighted by atomic mass is 9.60. The molecule has 3 N–H and O–H groups in total. The smallest absolute Gasteiger partial charge is 0.258 e. The molecule has 1 heterocycles. The highest BCUT2D eigenvalue weighted by Crippen LogP contribution is 2.46. The number of hydrogen-bond donors (Lipinski definition) is 3. The first-order chi connectivity index (χ1) is 15.4. The molecule has 2 bridgehead atoms. The van der Waals surface area contributed by atoms with Gasteiger partial charge < -0.3 is 25.4 Å². The van der Waals surface area contributed by atoms with Crippen LogP contribution in [0.3, 0.4) is 0 Å². The number of ether oxygens (including phenoxy) is 2. The molecule has 3 saturated carbocycles. The third kappa shape index (κ3) is 5.68. The number of fused-ring (bicyclic) bond motifs is 2. The molecule has 176 valence electrons. The summed E-state index contributed by atoms with van der Waals surface area (Å²) in [6, 6.07) is 5.08. The normalized spacial score (nSPS) is 31.3. The van der Waals surface area contributed by atoms with Gasteiger partial charge in [-0.1, -0.05) is 23.2 Å². The van der Waals surface area contributed by atoms with E-state index in [2.05, 4.69) is 16.0 Å². The van der Waals surface area contributed by atoms with E-state index in [-0.39, 0.29) is 36.4 Å². The molecule has 3 aliphatic carbocycles. The Hall–Kier alpha value is -1.54. The molecule has 7 nitrogen and oxygen atoms in total. The molecule has 4 unspecified atom stereocenters. The summed E-state index contributed by atoms with van der Waals surface area (Å²) >= 11 is 11.9. The van der Waals surface area contributed by atoms with Crippen LogP contribution in [0.25, 0.3) is 0 Å². The zero-order valence-electron chi connectivity index (χ0n) is 18.2. The van der Waals surface area contributed by atoms with Gasteiger partial charge in [0.1, 0.15) is 5.75 Å². The van der Waals surface area contributed by atoms with E-state index in [0.717, 1.165) is 32.2 Å². The highest BCUT2D eigenvalue weighted by atomic mass is 35.5. The first-order valence-electron chi connectivity index (χ1n) is 11.3. The lowest BCUT2D eigenvalue weighted by molar-refractivity contribution is -0.129. The van der Waals surface area contributed by atoms with Gasteiger partial charge in [-0.2, -0.15) is 0 Å². The fourth-order valence-corrected chi connectivity index (χ4v) is 5.52. The van der Waals surface area contributed by atoms with Crippen LogP contribution in [-0.4, -0.2) is 57.3 Å². The molecule has 9 heteroatoms. The minimum absolute atomic E-state index is 0.0330. The number of amides is 2. The molecule has 5 rings (SSSR count). The van der Waals surface area contributed by atoms with Crippen LogP contribution >= 0.6 is 23.2 Å². The maximum atomic E-state index is 12.9. The van der Waals surface area contributed by atoms with Crippen molar-refractivity contribution in [2.45, 2.75) is 37.8 Å². The van der Waals surface area contributed by atoms with Crippen LogP contribution < -0.4 is 20.7 Å². The SMILES string of the molecule is COCC1CNCC(C(=O)NC2CC(NC(=O)COc3ccc(Cl)c(Cl)c3)C3CC2C3)C1. The summed E-state index contributed by atoms with van der Waals surface area (Å²) < 4.78 is 10.8. The van der Waals surface area contributed by atoms with Gasteiger partial charge in [-0.15, -0.1) is 0 Å². The van der Waals surface area contributed by atoms with E-state index in [9.17, 15) is 9.59 Å². The molecule has 32 heavy (non-hydrogen) atoms. The largest absolute Gasteiger partial charge is 0.484 e. The fraction of sp³-hybridized carbons (Fsp3) is 0.652. The predicted octanol–water partition coefficient (Wildman–Crippen LogP) is 2.64. The molecule has 1 aromatic rings. The highest BCUT2D eigenvalue weighted by molar-refractivity contribution is 6.42. The van der Waals surface area contributed by atoms with E-state index in [1.807, 2.05) is 0 Å². The number of carbonyl (C=O) groups excluding carboxylic acids is 2. The van der Waals surface area contributed by atoms with E-state index >= 15 is 0 Å². The van der Waals surface area contributed by atoms with E-state index in [4.69, 9.17) is 32.7 Å². The second-order valence-electron chi connectivity index (χ2n) is 9.29. The third-order valence-corrected chi connectivity index (χ3v) is 7.75. The van der Waals surface area contributed by atoms with E-state index in [1.54, 1.807) is 25.3 Å². The van der Waals surface area contributed by atoms with Crippen LogP contribution in [0.1, 0.15) is 25.7 Å². The first-order valence-corrected chi connectivity index (χ1v) is 12.1. The Balaban J connectivity index is 1.25. The van der Waals surface area contributed by atoms with E-state index in [0.29, 0.717) is 46.7 Å². The Kier molecular flexibility index (Phi) is 7.82. The van der Waals surface area contributed by atoms with Crippen LogP contribution in [0.15, 0.2) is 18.2 Å². The minimum Gasteiger partial charge on any atom is -0.484 e. The summed E-state index contributed by atoms with van der Waals surface area (Å²) in [7, 11) is 1.70. The molecule has 4 atom stereocenters. The number of nitrogens with one attached hydrogen (secondary N) is 3. The van der Waals surface area contributed by atoms with Crippen molar-refractivity contribution in [3.05, 3.63) is 28.2 Å². The molecule has 0 aromatic heterocycles. The lowest BCUT2D eigenvalue weighted by Gasteiger charge is -2.51. The van der Waals surface area contributed by atoms with Gasteiger partial charge in [-0.3, -0.25) is 9.59 Å². The molecule has 1 aromatic carbocycles. The molecular weight excluding hydrogens is 453 g/mol. The van der Waals surface area contributed by atoms with Gasteiger partial charge in [0.2, 0.25) is 5.91 Å². The van der Waals surface area contributed by atoms with Crippen molar-refractivity contribution < 1.29 is 19.1 Å². The van der Waals surface area contributed by atoms with Gasteiger partial charge in [-0.25, -0.2) is 0 Å². The van der Waals surface area contributed by atoms with Gasteiger partial charge in [0.05, 0.1) is 22.6 Å². The lowest BCUT2D eigenvalue weighted by Crippen LogP contribution is -2.61. The predicted molar refractivity (Wildman–Crippen MR) is 123 cm³/mol. The average molecular weight is 484 g/mol.